The van der Waals surface area contributed by atoms with Gasteiger partial charge in [0.15, 0.2) is 11.5 Å². The zero-order valence-electron chi connectivity index (χ0n) is 19.7. The van der Waals surface area contributed by atoms with Crippen LogP contribution in [0.4, 0.5) is 10.6 Å². The van der Waals surface area contributed by atoms with E-state index in [9.17, 15) is 4.79 Å². The summed E-state index contributed by atoms with van der Waals surface area (Å²) in [6, 6.07) is 2.02. The van der Waals surface area contributed by atoms with Crippen molar-refractivity contribution in [3.05, 3.63) is 24.2 Å². The Kier molecular flexibility index (Phi) is 5.33. The number of ether oxygens (including phenoxy) is 1. The number of carbonyl (C=O) groups is 1. The first-order valence-electron chi connectivity index (χ1n) is 10.6. The molecular weight excluding hydrogens is 422 g/mol. The molecule has 0 atom stereocenters. The van der Waals surface area contributed by atoms with Gasteiger partial charge >= 0.3 is 6.09 Å². The van der Waals surface area contributed by atoms with Gasteiger partial charge in [-0.3, -0.25) is 4.40 Å². The summed E-state index contributed by atoms with van der Waals surface area (Å²) in [4.78, 5) is 25.4. The van der Waals surface area contributed by atoms with Crippen LogP contribution in [0.2, 0.25) is 19.6 Å². The number of aromatic nitrogens is 5. The van der Waals surface area contributed by atoms with Gasteiger partial charge in [0.25, 0.3) is 0 Å². The van der Waals surface area contributed by atoms with E-state index < -0.39 is 13.7 Å². The lowest BCUT2D eigenvalue weighted by Gasteiger charge is -2.44. The fourth-order valence-electron chi connectivity index (χ4n) is 3.32. The SMILES string of the molecule is CN(C(=O)OC(C)(C)C)C1CN(c2nc3ncc(C#C[Si](C)(C)C)cc3n3cnnc23)C1. The molecule has 0 aromatic carbocycles. The van der Waals surface area contributed by atoms with Crippen molar-refractivity contribution in [3.8, 4) is 11.5 Å². The summed E-state index contributed by atoms with van der Waals surface area (Å²) >= 11 is 0. The standard InChI is InChI=1S/C22H29N7O2Si/c1-22(2,3)31-21(30)27(4)16-12-28(13-16)19-20-26-24-14-29(20)17-10-15(8-9-32(5,6)7)11-23-18(17)25-19/h10-11,14,16H,12-13H2,1-7H3. The van der Waals surface area contributed by atoms with E-state index in [1.54, 1.807) is 24.5 Å². The predicted molar refractivity (Wildman–Crippen MR) is 126 cm³/mol. The minimum Gasteiger partial charge on any atom is -0.444 e. The fourth-order valence-corrected chi connectivity index (χ4v) is 3.84. The van der Waals surface area contributed by atoms with Crippen LogP contribution in [-0.2, 0) is 4.74 Å². The number of hydrogen-bond donors (Lipinski definition) is 0. The third-order valence-electron chi connectivity index (χ3n) is 5.04. The minimum absolute atomic E-state index is 0.0393. The minimum atomic E-state index is -1.49. The Hall–Kier alpha value is -3.19. The molecule has 1 amide bonds. The van der Waals surface area contributed by atoms with Gasteiger partial charge in [-0.25, -0.2) is 14.8 Å². The predicted octanol–water partition coefficient (Wildman–Crippen LogP) is 2.96. The van der Waals surface area contributed by atoms with Crippen molar-refractivity contribution in [1.82, 2.24) is 29.5 Å². The second kappa shape index (κ2) is 7.74. The van der Waals surface area contributed by atoms with Crippen LogP contribution < -0.4 is 4.90 Å². The maximum atomic E-state index is 12.4. The summed E-state index contributed by atoms with van der Waals surface area (Å²) in [6.45, 7) is 13.5. The monoisotopic (exact) mass is 451 g/mol. The zero-order valence-corrected chi connectivity index (χ0v) is 20.7. The summed E-state index contributed by atoms with van der Waals surface area (Å²) in [5.74, 6) is 3.95. The van der Waals surface area contributed by atoms with Gasteiger partial charge in [-0.2, -0.15) is 0 Å². The number of nitrogens with zero attached hydrogens (tertiary/aromatic N) is 7. The number of fused-ring (bicyclic) bond motifs is 3. The van der Waals surface area contributed by atoms with Gasteiger partial charge in [-0.1, -0.05) is 25.6 Å². The highest BCUT2D eigenvalue weighted by Gasteiger charge is 2.36. The molecule has 1 fully saturated rings. The maximum Gasteiger partial charge on any atom is 0.410 e. The van der Waals surface area contributed by atoms with Crippen LogP contribution in [-0.4, -0.2) is 75.4 Å². The first kappa shape index (κ1) is 22.0. The van der Waals surface area contributed by atoms with Gasteiger partial charge in [-0.15, -0.1) is 15.7 Å². The molecule has 0 saturated carbocycles. The molecule has 1 aliphatic heterocycles. The Balaban J connectivity index is 1.59. The molecule has 0 aliphatic carbocycles. The average molecular weight is 452 g/mol. The maximum absolute atomic E-state index is 12.4. The summed E-state index contributed by atoms with van der Waals surface area (Å²) in [5, 5.41) is 8.38. The average Bonchev–Trinajstić information content (AvgIpc) is 3.13. The lowest BCUT2D eigenvalue weighted by Crippen LogP contribution is -2.60. The smallest absolute Gasteiger partial charge is 0.410 e. The van der Waals surface area contributed by atoms with Crippen LogP contribution >= 0.6 is 0 Å². The highest BCUT2D eigenvalue weighted by atomic mass is 28.3. The second-order valence-corrected chi connectivity index (χ2v) is 14.9. The van der Waals surface area contributed by atoms with Crippen molar-refractivity contribution in [2.24, 2.45) is 0 Å². The Labute approximate surface area is 188 Å². The number of rotatable bonds is 2. The van der Waals surface area contributed by atoms with E-state index in [0.717, 1.165) is 11.1 Å². The molecule has 168 valence electrons. The molecule has 0 radical (unpaired) electrons. The molecule has 4 rings (SSSR count). The Morgan fingerprint density at radius 1 is 1.28 bits per heavy atom. The van der Waals surface area contributed by atoms with E-state index in [0.29, 0.717) is 30.2 Å². The van der Waals surface area contributed by atoms with Crippen LogP contribution in [0.15, 0.2) is 18.6 Å². The van der Waals surface area contributed by atoms with Crippen molar-refractivity contribution in [3.63, 3.8) is 0 Å². The Morgan fingerprint density at radius 2 is 2.00 bits per heavy atom. The van der Waals surface area contributed by atoms with Gasteiger partial charge in [0.05, 0.1) is 11.6 Å². The number of amides is 1. The van der Waals surface area contributed by atoms with Crippen LogP contribution in [0.5, 0.6) is 0 Å². The fraction of sp³-hybridized carbons (Fsp3) is 0.500. The zero-order chi connectivity index (χ0) is 23.3. The van der Waals surface area contributed by atoms with Gasteiger partial charge in [-0.05, 0) is 26.8 Å². The van der Waals surface area contributed by atoms with E-state index in [2.05, 4.69) is 51.2 Å². The van der Waals surface area contributed by atoms with Crippen LogP contribution in [0.3, 0.4) is 0 Å². The van der Waals surface area contributed by atoms with Crippen molar-refractivity contribution in [1.29, 1.82) is 0 Å². The van der Waals surface area contributed by atoms with Crippen molar-refractivity contribution in [2.45, 2.75) is 52.1 Å². The van der Waals surface area contributed by atoms with Gasteiger partial charge in [0.1, 0.15) is 20.0 Å². The highest BCUT2D eigenvalue weighted by Crippen LogP contribution is 2.28. The van der Waals surface area contributed by atoms with E-state index in [1.807, 2.05) is 31.2 Å². The normalized spacial score (nSPS) is 14.8. The summed E-state index contributed by atoms with van der Waals surface area (Å²) in [7, 11) is 0.279. The molecular formula is C22H29N7O2Si. The molecule has 0 N–H and O–H groups in total. The van der Waals surface area contributed by atoms with Gasteiger partial charge in [0, 0.05) is 31.9 Å². The number of pyridine rings is 1. The van der Waals surface area contributed by atoms with E-state index in [-0.39, 0.29) is 12.1 Å². The van der Waals surface area contributed by atoms with Gasteiger partial charge in [0.2, 0.25) is 5.65 Å². The highest BCUT2D eigenvalue weighted by molar-refractivity contribution is 6.83. The van der Waals surface area contributed by atoms with Crippen LogP contribution in [0, 0.1) is 11.5 Å². The van der Waals surface area contributed by atoms with Crippen molar-refractivity contribution >= 4 is 36.8 Å². The molecule has 3 aromatic rings. The molecule has 3 aromatic heterocycles. The first-order chi connectivity index (χ1) is 14.9. The largest absolute Gasteiger partial charge is 0.444 e. The molecule has 10 heteroatoms. The topological polar surface area (TPSA) is 88.8 Å². The van der Waals surface area contributed by atoms with Crippen LogP contribution in [0.25, 0.3) is 16.8 Å². The van der Waals surface area contributed by atoms with Crippen molar-refractivity contribution in [2.75, 3.05) is 25.0 Å². The molecule has 1 aliphatic rings. The quantitative estimate of drug-likeness (QED) is 0.437. The molecule has 9 nitrogen and oxygen atoms in total. The van der Waals surface area contributed by atoms with Crippen LogP contribution in [0.1, 0.15) is 26.3 Å². The number of likely N-dealkylation sites (N-methyl/N-ethyl adjacent to an activating group) is 1. The lowest BCUT2D eigenvalue weighted by molar-refractivity contribution is 0.0196. The third kappa shape index (κ3) is 4.53. The summed E-state index contributed by atoms with van der Waals surface area (Å²) in [5.41, 5.74) is 5.79. The summed E-state index contributed by atoms with van der Waals surface area (Å²) in [6.07, 6.45) is 3.11. The second-order valence-electron chi connectivity index (χ2n) is 10.2. The van der Waals surface area contributed by atoms with Gasteiger partial charge < -0.3 is 14.5 Å². The van der Waals surface area contributed by atoms with Crippen molar-refractivity contribution < 1.29 is 9.53 Å². The molecule has 0 unspecified atom stereocenters. The first-order valence-corrected chi connectivity index (χ1v) is 14.1. The molecule has 32 heavy (non-hydrogen) atoms. The van der Waals surface area contributed by atoms with E-state index in [4.69, 9.17) is 9.72 Å². The number of carbonyl (C=O) groups excluding carboxylic acids is 1. The molecule has 0 spiro atoms. The third-order valence-corrected chi connectivity index (χ3v) is 5.91. The molecule has 1 saturated heterocycles. The van der Waals surface area contributed by atoms with E-state index in [1.165, 1.54) is 0 Å². The van der Waals surface area contributed by atoms with E-state index >= 15 is 0 Å². The lowest BCUT2D eigenvalue weighted by atomic mass is 10.1. The molecule has 4 heterocycles. The number of hydrogen-bond acceptors (Lipinski definition) is 7. The Morgan fingerprint density at radius 3 is 2.66 bits per heavy atom. The summed E-state index contributed by atoms with van der Waals surface area (Å²) < 4.78 is 7.37. The number of anilines is 1. The molecule has 0 bridgehead atoms. The Bertz CT molecular complexity index is 1240.